The lowest BCUT2D eigenvalue weighted by molar-refractivity contribution is -0.123. The summed E-state index contributed by atoms with van der Waals surface area (Å²) in [6.45, 7) is 5.25. The molecule has 0 radical (unpaired) electrons. The number of thiophene rings is 1. The zero-order valence-electron chi connectivity index (χ0n) is 12.8. The summed E-state index contributed by atoms with van der Waals surface area (Å²) in [5, 5.41) is 3.39. The molecule has 1 heterocycles. The van der Waals surface area contributed by atoms with E-state index in [4.69, 9.17) is 27.9 Å². The first-order chi connectivity index (χ1) is 10.8. The van der Waals surface area contributed by atoms with Gasteiger partial charge in [-0.15, -0.1) is 11.3 Å². The maximum Gasteiger partial charge on any atom is 0.340 e. The number of carbonyl (C=O) groups is 2. The van der Waals surface area contributed by atoms with Crippen molar-refractivity contribution in [2.75, 3.05) is 5.32 Å². The third-order valence-electron chi connectivity index (χ3n) is 3.10. The summed E-state index contributed by atoms with van der Waals surface area (Å²) >= 11 is 13.4. The normalized spacial score (nSPS) is 11.9. The van der Waals surface area contributed by atoms with Crippen molar-refractivity contribution in [3.05, 3.63) is 49.6 Å². The quantitative estimate of drug-likeness (QED) is 0.780. The molecule has 0 aliphatic carbocycles. The van der Waals surface area contributed by atoms with Crippen LogP contribution in [0, 0.1) is 13.8 Å². The van der Waals surface area contributed by atoms with Gasteiger partial charge in [-0.3, -0.25) is 4.79 Å². The van der Waals surface area contributed by atoms with E-state index < -0.39 is 18.0 Å². The van der Waals surface area contributed by atoms with Gasteiger partial charge in [0.1, 0.15) is 0 Å². The molecular weight excluding hydrogens is 357 g/mol. The second-order valence-electron chi connectivity index (χ2n) is 4.99. The van der Waals surface area contributed by atoms with Crippen LogP contribution in [0.3, 0.4) is 0 Å². The molecule has 122 valence electrons. The van der Waals surface area contributed by atoms with Crippen LogP contribution < -0.4 is 5.32 Å². The van der Waals surface area contributed by atoms with Crippen molar-refractivity contribution < 1.29 is 14.3 Å². The van der Waals surface area contributed by atoms with Crippen LogP contribution in [0.1, 0.15) is 27.0 Å². The van der Waals surface area contributed by atoms with Crippen LogP contribution in [0.25, 0.3) is 0 Å². The maximum atomic E-state index is 12.1. The monoisotopic (exact) mass is 371 g/mol. The molecule has 7 heteroatoms. The molecule has 1 aromatic carbocycles. The van der Waals surface area contributed by atoms with Crippen molar-refractivity contribution in [2.45, 2.75) is 26.9 Å². The van der Waals surface area contributed by atoms with Crippen LogP contribution in [0.5, 0.6) is 0 Å². The molecule has 0 saturated carbocycles. The highest BCUT2D eigenvalue weighted by Crippen LogP contribution is 2.26. The molecule has 23 heavy (non-hydrogen) atoms. The van der Waals surface area contributed by atoms with E-state index in [1.807, 2.05) is 13.8 Å². The fraction of sp³-hybridized carbons (Fsp3) is 0.250. The summed E-state index contributed by atoms with van der Waals surface area (Å²) in [5.41, 5.74) is 0.850. The molecule has 1 aromatic heterocycles. The fourth-order valence-corrected chi connectivity index (χ4v) is 3.19. The number of aryl methyl sites for hydroxylation is 2. The zero-order chi connectivity index (χ0) is 17.1. The summed E-state index contributed by atoms with van der Waals surface area (Å²) in [5.74, 6) is -1.00. The minimum absolute atomic E-state index is 0.352. The van der Waals surface area contributed by atoms with Crippen molar-refractivity contribution in [3.8, 4) is 0 Å². The molecule has 2 rings (SSSR count). The number of rotatable bonds is 4. The molecule has 0 spiro atoms. The molecule has 0 unspecified atom stereocenters. The number of hydrogen-bond donors (Lipinski definition) is 1. The molecule has 0 bridgehead atoms. The van der Waals surface area contributed by atoms with Crippen molar-refractivity contribution in [2.24, 2.45) is 0 Å². The van der Waals surface area contributed by atoms with Crippen LogP contribution >= 0.6 is 34.5 Å². The Morgan fingerprint density at radius 3 is 2.52 bits per heavy atom. The fourth-order valence-electron chi connectivity index (χ4n) is 1.94. The van der Waals surface area contributed by atoms with Crippen LogP contribution in [0.2, 0.25) is 10.0 Å². The Hall–Kier alpha value is -1.56. The van der Waals surface area contributed by atoms with Crippen molar-refractivity contribution in [1.29, 1.82) is 0 Å². The zero-order valence-corrected chi connectivity index (χ0v) is 15.1. The maximum absolute atomic E-state index is 12.1. The first-order valence-corrected chi connectivity index (χ1v) is 8.39. The summed E-state index contributed by atoms with van der Waals surface area (Å²) < 4.78 is 5.21. The predicted molar refractivity (Wildman–Crippen MR) is 93.8 cm³/mol. The van der Waals surface area contributed by atoms with Crippen LogP contribution in [-0.4, -0.2) is 18.0 Å². The third kappa shape index (κ3) is 4.47. The summed E-state index contributed by atoms with van der Waals surface area (Å²) in [7, 11) is 0. The van der Waals surface area contributed by atoms with E-state index >= 15 is 0 Å². The van der Waals surface area contributed by atoms with Gasteiger partial charge < -0.3 is 10.1 Å². The molecule has 0 fully saturated rings. The lowest BCUT2D eigenvalue weighted by Gasteiger charge is -2.14. The summed E-state index contributed by atoms with van der Waals surface area (Å²) in [6, 6.07) is 6.47. The second kappa shape index (κ2) is 7.34. The Labute approximate surface area is 148 Å². The van der Waals surface area contributed by atoms with Gasteiger partial charge in [-0.25, -0.2) is 4.79 Å². The number of halogens is 2. The lowest BCUT2D eigenvalue weighted by Crippen LogP contribution is -2.30. The van der Waals surface area contributed by atoms with E-state index in [9.17, 15) is 9.59 Å². The summed E-state index contributed by atoms with van der Waals surface area (Å²) in [4.78, 5) is 26.1. The van der Waals surface area contributed by atoms with Gasteiger partial charge >= 0.3 is 5.97 Å². The highest BCUT2D eigenvalue weighted by Gasteiger charge is 2.21. The minimum Gasteiger partial charge on any atom is -0.449 e. The number of amides is 1. The Balaban J connectivity index is 2.04. The Morgan fingerprint density at radius 1 is 1.22 bits per heavy atom. The SMILES string of the molecule is Cc1cc(C(=O)O[C@H](C)C(=O)Nc2cc(Cl)ccc2Cl)c(C)s1. The molecule has 4 nitrogen and oxygen atoms in total. The number of anilines is 1. The van der Waals surface area contributed by atoms with Gasteiger partial charge in [-0.1, -0.05) is 23.2 Å². The molecule has 0 aliphatic rings. The highest BCUT2D eigenvalue weighted by molar-refractivity contribution is 7.12. The highest BCUT2D eigenvalue weighted by atomic mass is 35.5. The van der Waals surface area contributed by atoms with Gasteiger partial charge in [-0.05, 0) is 45.0 Å². The first-order valence-electron chi connectivity index (χ1n) is 6.82. The molecular formula is C16H15Cl2NO3S. The average Bonchev–Trinajstić information content (AvgIpc) is 2.81. The molecule has 1 N–H and O–H groups in total. The predicted octanol–water partition coefficient (Wildman–Crippen LogP) is 4.86. The average molecular weight is 372 g/mol. The van der Waals surface area contributed by atoms with Crippen molar-refractivity contribution >= 4 is 52.1 Å². The summed E-state index contributed by atoms with van der Waals surface area (Å²) in [6.07, 6.45) is -0.961. The lowest BCUT2D eigenvalue weighted by atomic mass is 10.2. The van der Waals surface area contributed by atoms with Gasteiger partial charge in [0.2, 0.25) is 0 Å². The topological polar surface area (TPSA) is 55.4 Å². The number of ether oxygens (including phenoxy) is 1. The van der Waals surface area contributed by atoms with Gasteiger partial charge in [0.25, 0.3) is 5.91 Å². The van der Waals surface area contributed by atoms with Crippen LogP contribution in [0.15, 0.2) is 24.3 Å². The van der Waals surface area contributed by atoms with Gasteiger partial charge in [0.05, 0.1) is 16.3 Å². The van der Waals surface area contributed by atoms with Gasteiger partial charge in [0.15, 0.2) is 6.10 Å². The number of hydrogen-bond acceptors (Lipinski definition) is 4. The minimum atomic E-state index is -0.961. The molecule has 0 aliphatic heterocycles. The van der Waals surface area contributed by atoms with E-state index in [1.54, 1.807) is 18.2 Å². The largest absolute Gasteiger partial charge is 0.449 e. The molecule has 1 atom stereocenters. The van der Waals surface area contributed by atoms with Crippen molar-refractivity contribution in [3.63, 3.8) is 0 Å². The smallest absolute Gasteiger partial charge is 0.340 e. The molecule has 2 aromatic rings. The molecule has 1 amide bonds. The molecule has 0 saturated heterocycles. The Morgan fingerprint density at radius 2 is 1.91 bits per heavy atom. The van der Waals surface area contributed by atoms with E-state index in [0.29, 0.717) is 21.3 Å². The van der Waals surface area contributed by atoms with E-state index in [-0.39, 0.29) is 0 Å². The van der Waals surface area contributed by atoms with Gasteiger partial charge in [-0.2, -0.15) is 0 Å². The van der Waals surface area contributed by atoms with Gasteiger partial charge in [0, 0.05) is 14.8 Å². The second-order valence-corrected chi connectivity index (χ2v) is 7.29. The van der Waals surface area contributed by atoms with E-state index in [0.717, 1.165) is 9.75 Å². The van der Waals surface area contributed by atoms with E-state index in [2.05, 4.69) is 5.32 Å². The number of benzene rings is 1. The first kappa shape index (κ1) is 17.8. The van der Waals surface area contributed by atoms with Crippen molar-refractivity contribution in [1.82, 2.24) is 0 Å². The Bertz CT molecular complexity index is 758. The number of carbonyl (C=O) groups excluding carboxylic acids is 2. The Kier molecular flexibility index (Phi) is 5.68. The number of esters is 1. The number of nitrogens with one attached hydrogen (secondary N) is 1. The standard InChI is InChI=1S/C16H15Cl2NO3S/c1-8-6-12(10(3)23-8)16(21)22-9(2)15(20)19-14-7-11(17)4-5-13(14)18/h4-7,9H,1-3H3,(H,19,20)/t9-/m1/s1. The van der Waals surface area contributed by atoms with E-state index in [1.165, 1.54) is 24.3 Å². The van der Waals surface area contributed by atoms with Crippen LogP contribution in [-0.2, 0) is 9.53 Å². The van der Waals surface area contributed by atoms with Crippen LogP contribution in [0.4, 0.5) is 5.69 Å². The third-order valence-corrected chi connectivity index (χ3v) is 4.63.